The number of alkyl halides is 3. The van der Waals surface area contributed by atoms with E-state index in [9.17, 15) is 6.57 Å². The van der Waals surface area contributed by atoms with Gasteiger partial charge in [0.05, 0.1) is 52.1 Å². The number of aromatic nitrogens is 14. The smallest absolute Gasteiger partial charge is 0.319 e. The molecule has 0 amide bonds. The van der Waals surface area contributed by atoms with Gasteiger partial charge in [-0.1, -0.05) is 72.8 Å². The maximum absolute atomic E-state index is 15.7. The molecule has 0 atom stereocenters. The minimum atomic E-state index is -4.93. The van der Waals surface area contributed by atoms with Crippen LogP contribution in [0.2, 0.25) is 0 Å². The molecule has 6 aromatic carbocycles. The molecule has 0 aliphatic rings. The van der Waals surface area contributed by atoms with E-state index in [1.807, 2.05) is 81.9 Å². The SMILES string of the molecule is [C-]#[N+]c1cccc(C(F)(F)F)c1-c1ccc(-n2c3cc(-c4nc(C)nc(C)n4)ccc3c3ccc(-c4nc(C)nc(C)n4)cc32)c([N+]#[C-])c1-n1c2cc(-c3nc(C)nc(C)n3)ccc2c2ccc(-c3nc(C)nc(C)n3)cc21. The molecule has 6 heterocycles. The van der Waals surface area contributed by atoms with Crippen molar-refractivity contribution in [2.45, 2.75) is 61.6 Å². The summed E-state index contributed by atoms with van der Waals surface area (Å²) < 4.78 is 50.8. The molecule has 12 aromatic rings. The van der Waals surface area contributed by atoms with E-state index in [1.165, 1.54) is 12.1 Å². The van der Waals surface area contributed by atoms with E-state index in [4.69, 9.17) is 46.4 Å². The lowest BCUT2D eigenvalue weighted by atomic mass is 9.94. The highest BCUT2D eigenvalue weighted by molar-refractivity contribution is 6.14. The van der Waals surface area contributed by atoms with Crippen molar-refractivity contribution in [3.8, 4) is 68.1 Å². The number of benzene rings is 6. The van der Waals surface area contributed by atoms with Crippen LogP contribution in [-0.2, 0) is 6.18 Å². The summed E-state index contributed by atoms with van der Waals surface area (Å²) in [5.41, 5.74) is 3.36. The Morgan fingerprint density at radius 2 is 0.744 bits per heavy atom. The van der Waals surface area contributed by atoms with Crippen molar-refractivity contribution in [1.82, 2.24) is 68.9 Å². The van der Waals surface area contributed by atoms with Crippen molar-refractivity contribution in [2.75, 3.05) is 0 Å². The number of aryl methyl sites for hydroxylation is 8. The van der Waals surface area contributed by atoms with Gasteiger partial charge in [0.1, 0.15) is 46.6 Å². The summed E-state index contributed by atoms with van der Waals surface area (Å²) in [7, 11) is 0. The molecule has 0 spiro atoms. The first-order valence-electron chi connectivity index (χ1n) is 24.5. The summed E-state index contributed by atoms with van der Waals surface area (Å²) in [6.45, 7) is 32.0. The summed E-state index contributed by atoms with van der Waals surface area (Å²) in [4.78, 5) is 63.3. The monoisotopic (exact) mass is 1030 g/mol. The van der Waals surface area contributed by atoms with E-state index in [0.717, 1.165) is 16.8 Å². The van der Waals surface area contributed by atoms with Crippen LogP contribution in [0.15, 0.2) is 103 Å². The molecule has 0 aliphatic carbocycles. The van der Waals surface area contributed by atoms with Crippen LogP contribution in [0.4, 0.5) is 24.5 Å². The zero-order valence-electron chi connectivity index (χ0n) is 43.1. The van der Waals surface area contributed by atoms with Gasteiger partial charge in [-0.15, -0.1) is 0 Å². The highest BCUT2D eigenvalue weighted by Gasteiger charge is 2.37. The van der Waals surface area contributed by atoms with Crippen LogP contribution in [0.5, 0.6) is 0 Å². The van der Waals surface area contributed by atoms with Gasteiger partial charge in [0.2, 0.25) is 5.69 Å². The quantitative estimate of drug-likeness (QED) is 0.138. The fraction of sp³-hybridized carbons (Fsp3) is 0.153. The molecule has 0 aliphatic heterocycles. The first kappa shape index (κ1) is 48.7. The molecule has 0 saturated carbocycles. The van der Waals surface area contributed by atoms with Gasteiger partial charge in [0.15, 0.2) is 29.0 Å². The summed E-state index contributed by atoms with van der Waals surface area (Å²) in [6.07, 6.45) is -4.93. The number of hydrogen-bond donors (Lipinski definition) is 0. The number of nitrogens with zero attached hydrogens (tertiary/aromatic N) is 16. The average molecular weight is 1030 g/mol. The molecule has 16 nitrogen and oxygen atoms in total. The molecule has 78 heavy (non-hydrogen) atoms. The standard InChI is InChI=1S/C59H41F3N16/c1-28-65-29(2)70-55(69-28)36-14-18-40-41-19-15-37(56-71-30(3)66-31(4)72-56)25-49(41)77(48(40)24-36)47-23-22-44(52-45(59(60,61)62)12-11-13-46(52)63-9)54(53(47)64-10)78-50-26-38(57-73-32(5)67-33(6)74-57)16-20-42(50)43-21-17-39(27-51(43)78)58-75-34(7)68-35(8)76-58/h11-27H,1-8H3. The predicted octanol–water partition coefficient (Wildman–Crippen LogP) is 13.5. The zero-order chi connectivity index (χ0) is 54.5. The van der Waals surface area contributed by atoms with Crippen LogP contribution in [0, 0.1) is 68.5 Å². The second-order valence-electron chi connectivity index (χ2n) is 18.9. The van der Waals surface area contributed by atoms with Crippen LogP contribution in [0.25, 0.3) is 121 Å². The molecule has 0 bridgehead atoms. The Morgan fingerprint density at radius 1 is 0.397 bits per heavy atom. The number of halogens is 3. The van der Waals surface area contributed by atoms with Gasteiger partial charge in [-0.25, -0.2) is 69.5 Å². The summed E-state index contributed by atoms with van der Waals surface area (Å²) >= 11 is 0. The van der Waals surface area contributed by atoms with Gasteiger partial charge in [-0.2, -0.15) is 13.2 Å². The van der Waals surface area contributed by atoms with Crippen molar-refractivity contribution in [1.29, 1.82) is 0 Å². The molecular weight excluding hydrogens is 990 g/mol. The Hall–Kier alpha value is -10.3. The van der Waals surface area contributed by atoms with Crippen molar-refractivity contribution in [2.24, 2.45) is 0 Å². The Bertz CT molecular complexity index is 4340. The lowest BCUT2D eigenvalue weighted by molar-refractivity contribution is -0.137. The van der Waals surface area contributed by atoms with Gasteiger partial charge in [-0.3, -0.25) is 0 Å². The molecule has 0 fully saturated rings. The fourth-order valence-corrected chi connectivity index (χ4v) is 10.5. The zero-order valence-corrected chi connectivity index (χ0v) is 43.1. The second kappa shape index (κ2) is 18.2. The highest BCUT2D eigenvalue weighted by atomic mass is 19.4. The number of fused-ring (bicyclic) bond motifs is 6. The van der Waals surface area contributed by atoms with E-state index in [-0.39, 0.29) is 22.6 Å². The molecule has 6 aromatic heterocycles. The van der Waals surface area contributed by atoms with E-state index in [2.05, 4.69) is 29.6 Å². The highest BCUT2D eigenvalue weighted by Crippen LogP contribution is 2.51. The Balaban J connectivity index is 1.28. The molecular formula is C59H41F3N16. The maximum atomic E-state index is 15.7. The van der Waals surface area contributed by atoms with E-state index < -0.39 is 17.3 Å². The Labute approximate surface area is 443 Å². The normalized spacial score (nSPS) is 11.8. The largest absolute Gasteiger partial charge is 0.415 e. The molecule has 19 heteroatoms. The first-order chi connectivity index (χ1) is 37.4. The van der Waals surface area contributed by atoms with E-state index >= 15 is 13.2 Å². The Morgan fingerprint density at radius 3 is 1.06 bits per heavy atom. The van der Waals surface area contributed by atoms with Crippen LogP contribution < -0.4 is 0 Å². The Kier molecular flexibility index (Phi) is 11.4. The summed E-state index contributed by atoms with van der Waals surface area (Å²) in [5.74, 6) is 5.67. The number of rotatable bonds is 7. The van der Waals surface area contributed by atoms with Crippen molar-refractivity contribution in [3.05, 3.63) is 178 Å². The van der Waals surface area contributed by atoms with E-state index in [1.54, 1.807) is 67.5 Å². The third-order valence-corrected chi connectivity index (χ3v) is 13.4. The third-order valence-electron chi connectivity index (χ3n) is 13.4. The van der Waals surface area contributed by atoms with Crippen molar-refractivity contribution in [3.63, 3.8) is 0 Å². The summed E-state index contributed by atoms with van der Waals surface area (Å²) in [5, 5.41) is 2.98. The average Bonchev–Trinajstić information content (AvgIpc) is 4.13. The molecule has 0 radical (unpaired) electrons. The fourth-order valence-electron chi connectivity index (χ4n) is 10.5. The van der Waals surface area contributed by atoms with Gasteiger partial charge in [0.25, 0.3) is 0 Å². The molecule has 12 rings (SSSR count). The molecule has 378 valence electrons. The van der Waals surface area contributed by atoms with Gasteiger partial charge in [-0.05, 0) is 91.3 Å². The van der Waals surface area contributed by atoms with Crippen LogP contribution in [0.3, 0.4) is 0 Å². The lowest BCUT2D eigenvalue weighted by Gasteiger charge is -2.23. The van der Waals surface area contributed by atoms with Gasteiger partial charge in [0, 0.05) is 49.4 Å². The lowest BCUT2D eigenvalue weighted by Crippen LogP contribution is -2.09. The topological polar surface area (TPSA) is 173 Å². The number of hydrogen-bond acceptors (Lipinski definition) is 12. The summed E-state index contributed by atoms with van der Waals surface area (Å²) in [6, 6.07) is 29.8. The van der Waals surface area contributed by atoms with Crippen LogP contribution >= 0.6 is 0 Å². The second-order valence-corrected chi connectivity index (χ2v) is 18.9. The third kappa shape index (κ3) is 8.25. The predicted molar refractivity (Wildman–Crippen MR) is 291 cm³/mol. The van der Waals surface area contributed by atoms with E-state index in [0.29, 0.717) is 131 Å². The minimum Gasteiger partial charge on any atom is -0.319 e. The van der Waals surface area contributed by atoms with Crippen molar-refractivity contribution < 1.29 is 13.2 Å². The van der Waals surface area contributed by atoms with Crippen LogP contribution in [-0.4, -0.2) is 68.9 Å². The van der Waals surface area contributed by atoms with Crippen LogP contribution in [0.1, 0.15) is 52.2 Å². The molecule has 0 N–H and O–H groups in total. The molecule has 0 unspecified atom stereocenters. The van der Waals surface area contributed by atoms with Gasteiger partial charge < -0.3 is 9.13 Å². The minimum absolute atomic E-state index is 0.0219. The van der Waals surface area contributed by atoms with Crippen molar-refractivity contribution >= 4 is 55.0 Å². The van der Waals surface area contributed by atoms with Gasteiger partial charge >= 0.3 is 6.18 Å². The molecule has 0 saturated heterocycles. The maximum Gasteiger partial charge on any atom is 0.415 e. The first-order valence-corrected chi connectivity index (χ1v) is 24.5.